The largest absolute Gasteiger partial charge is 0.336 e. The van der Waals surface area contributed by atoms with Gasteiger partial charge in [-0.25, -0.2) is 13.2 Å². The molecule has 0 aliphatic rings. The fraction of sp³-hybridized carbons (Fsp3) is 0.105. The van der Waals surface area contributed by atoms with Gasteiger partial charge in [0.1, 0.15) is 9.46 Å². The van der Waals surface area contributed by atoms with E-state index in [1.807, 2.05) is 24.3 Å². The van der Waals surface area contributed by atoms with Gasteiger partial charge in [-0.2, -0.15) is 0 Å². The van der Waals surface area contributed by atoms with Crippen molar-refractivity contribution in [3.8, 4) is 0 Å². The highest BCUT2D eigenvalue weighted by atomic mass is 32.2. The number of nitrogens with one attached hydrogen (secondary N) is 2. The van der Waals surface area contributed by atoms with E-state index >= 15 is 0 Å². The second-order valence-corrected chi connectivity index (χ2v) is 8.88. The number of anilines is 1. The van der Waals surface area contributed by atoms with Gasteiger partial charge in [-0.15, -0.1) is 11.3 Å². The Morgan fingerprint density at radius 2 is 1.58 bits per heavy atom. The van der Waals surface area contributed by atoms with E-state index in [4.69, 9.17) is 0 Å². The molecule has 3 aromatic rings. The number of carbonyl (C=O) groups is 1. The van der Waals surface area contributed by atoms with Crippen molar-refractivity contribution in [2.75, 3.05) is 11.9 Å². The molecule has 0 aliphatic carbocycles. The Kier molecular flexibility index (Phi) is 5.70. The summed E-state index contributed by atoms with van der Waals surface area (Å²) in [5.41, 5.74) is 1.28. The van der Waals surface area contributed by atoms with Crippen LogP contribution in [0.1, 0.15) is 10.8 Å². The molecule has 7 heteroatoms. The van der Waals surface area contributed by atoms with Crippen molar-refractivity contribution in [3.05, 3.63) is 83.7 Å². The zero-order valence-electron chi connectivity index (χ0n) is 13.8. The summed E-state index contributed by atoms with van der Waals surface area (Å²) in [7, 11) is -3.60. The van der Waals surface area contributed by atoms with Crippen LogP contribution >= 0.6 is 11.3 Å². The second kappa shape index (κ2) is 8.16. The third-order valence-corrected chi connectivity index (χ3v) is 7.33. The molecule has 0 aliphatic heterocycles. The number of urea groups is 1. The lowest BCUT2D eigenvalue weighted by Gasteiger charge is -2.18. The summed E-state index contributed by atoms with van der Waals surface area (Å²) in [4.78, 5) is 12.1. The van der Waals surface area contributed by atoms with Crippen molar-refractivity contribution >= 4 is 32.9 Å². The third kappa shape index (κ3) is 4.30. The first-order chi connectivity index (χ1) is 12.6. The van der Waals surface area contributed by atoms with Crippen molar-refractivity contribution in [1.82, 2.24) is 5.32 Å². The van der Waals surface area contributed by atoms with Crippen LogP contribution in [-0.2, 0) is 9.84 Å². The number of rotatable bonds is 6. The van der Waals surface area contributed by atoms with Gasteiger partial charge >= 0.3 is 6.03 Å². The number of carbonyl (C=O) groups excluding carboxylic acids is 1. The van der Waals surface area contributed by atoms with Gasteiger partial charge < -0.3 is 10.6 Å². The van der Waals surface area contributed by atoms with Gasteiger partial charge in [0.05, 0.1) is 0 Å². The Morgan fingerprint density at radius 1 is 0.923 bits per heavy atom. The first-order valence-corrected chi connectivity index (χ1v) is 10.4. The molecule has 3 rings (SSSR count). The lowest BCUT2D eigenvalue weighted by atomic mass is 10.1. The van der Waals surface area contributed by atoms with Crippen LogP contribution in [0.3, 0.4) is 0 Å². The predicted octanol–water partition coefficient (Wildman–Crippen LogP) is 4.08. The Hall–Kier alpha value is -2.64. The van der Waals surface area contributed by atoms with Crippen LogP contribution in [0.5, 0.6) is 0 Å². The molecule has 2 N–H and O–H groups in total. The highest BCUT2D eigenvalue weighted by Crippen LogP contribution is 2.31. The number of sulfone groups is 1. The number of hydrogen-bond acceptors (Lipinski definition) is 4. The number of para-hydroxylation sites is 1. The van der Waals surface area contributed by atoms with Gasteiger partial charge in [0, 0.05) is 12.2 Å². The molecule has 1 heterocycles. The molecule has 2 aromatic carbocycles. The number of thiophene rings is 1. The van der Waals surface area contributed by atoms with E-state index in [-0.39, 0.29) is 10.8 Å². The van der Waals surface area contributed by atoms with Crippen LogP contribution in [-0.4, -0.2) is 21.0 Å². The Bertz CT molecular complexity index is 941. The van der Waals surface area contributed by atoms with Crippen LogP contribution in [0.15, 0.2) is 82.4 Å². The fourth-order valence-corrected chi connectivity index (χ4v) is 5.39. The zero-order valence-corrected chi connectivity index (χ0v) is 15.5. The highest BCUT2D eigenvalue weighted by molar-refractivity contribution is 7.93. The number of amides is 2. The van der Waals surface area contributed by atoms with Gasteiger partial charge in [0.2, 0.25) is 0 Å². The summed E-state index contributed by atoms with van der Waals surface area (Å²) in [6, 6.07) is 20.7. The van der Waals surface area contributed by atoms with Crippen molar-refractivity contribution in [1.29, 1.82) is 0 Å². The van der Waals surface area contributed by atoms with Crippen molar-refractivity contribution in [2.24, 2.45) is 0 Å². The molecule has 134 valence electrons. The number of benzene rings is 2. The predicted molar refractivity (Wildman–Crippen MR) is 104 cm³/mol. The summed E-state index contributed by atoms with van der Waals surface area (Å²) in [5, 5.41) is 6.24. The average molecular weight is 386 g/mol. The minimum atomic E-state index is -3.60. The maximum absolute atomic E-state index is 13.0. The number of hydrogen-bond donors (Lipinski definition) is 2. The van der Waals surface area contributed by atoms with Crippen LogP contribution in [0.2, 0.25) is 0 Å². The maximum Gasteiger partial charge on any atom is 0.319 e. The van der Waals surface area contributed by atoms with Gasteiger partial charge in [0.15, 0.2) is 9.84 Å². The molecule has 26 heavy (non-hydrogen) atoms. The third-order valence-electron chi connectivity index (χ3n) is 3.80. The Morgan fingerprint density at radius 3 is 2.19 bits per heavy atom. The summed E-state index contributed by atoms with van der Waals surface area (Å²) >= 11 is 1.17. The molecule has 5 nitrogen and oxygen atoms in total. The monoisotopic (exact) mass is 386 g/mol. The van der Waals surface area contributed by atoms with Crippen molar-refractivity contribution in [2.45, 2.75) is 9.46 Å². The molecule has 2 amide bonds. The molecule has 0 saturated heterocycles. The molecule has 0 radical (unpaired) electrons. The lowest BCUT2D eigenvalue weighted by molar-refractivity contribution is 0.252. The zero-order chi connectivity index (χ0) is 18.4. The molecule has 1 aromatic heterocycles. The van der Waals surface area contributed by atoms with Gasteiger partial charge in [-0.1, -0.05) is 54.6 Å². The van der Waals surface area contributed by atoms with Crippen LogP contribution < -0.4 is 10.6 Å². The smallest absolute Gasteiger partial charge is 0.319 e. The first-order valence-electron chi connectivity index (χ1n) is 7.99. The Balaban J connectivity index is 1.78. The quantitative estimate of drug-likeness (QED) is 0.670. The molecule has 1 atom stereocenters. The average Bonchev–Trinajstić information content (AvgIpc) is 3.19. The molecular weight excluding hydrogens is 368 g/mol. The summed E-state index contributed by atoms with van der Waals surface area (Å²) < 4.78 is 26.3. The summed E-state index contributed by atoms with van der Waals surface area (Å²) in [6.07, 6.45) is 0. The van der Waals surface area contributed by atoms with Crippen LogP contribution in [0.25, 0.3) is 0 Å². The standard InChI is InChI=1S/C19H18N2O3S2/c22-19(21-16-10-5-2-6-11-16)20-14-17(15-8-3-1-4-9-15)26(23,24)18-12-7-13-25-18/h1-13,17H,14H2,(H2,20,21,22)/t17-/m1/s1. The van der Waals surface area contributed by atoms with Crippen LogP contribution in [0, 0.1) is 0 Å². The van der Waals surface area contributed by atoms with Crippen LogP contribution in [0.4, 0.5) is 10.5 Å². The normalized spacial score (nSPS) is 12.3. The molecule has 0 spiro atoms. The van der Waals surface area contributed by atoms with E-state index in [2.05, 4.69) is 10.6 Å². The van der Waals surface area contributed by atoms with Gasteiger partial charge in [0.25, 0.3) is 0 Å². The van der Waals surface area contributed by atoms with E-state index in [9.17, 15) is 13.2 Å². The molecule has 0 saturated carbocycles. The second-order valence-electron chi connectivity index (χ2n) is 5.58. The molecule has 0 bridgehead atoms. The first kappa shape index (κ1) is 18.2. The van der Waals surface area contributed by atoms with Gasteiger partial charge in [-0.05, 0) is 29.1 Å². The van der Waals surface area contributed by atoms with E-state index < -0.39 is 21.1 Å². The minimum absolute atomic E-state index is 0.0249. The van der Waals surface area contributed by atoms with E-state index in [0.29, 0.717) is 11.3 Å². The molecule has 0 unspecified atom stereocenters. The maximum atomic E-state index is 13.0. The lowest BCUT2D eigenvalue weighted by Crippen LogP contribution is -2.34. The van der Waals surface area contributed by atoms with Gasteiger partial charge in [-0.3, -0.25) is 0 Å². The topological polar surface area (TPSA) is 75.3 Å². The Labute approximate surface area is 156 Å². The summed E-state index contributed by atoms with van der Waals surface area (Å²) in [5.74, 6) is 0. The van der Waals surface area contributed by atoms with E-state index in [1.165, 1.54) is 11.3 Å². The van der Waals surface area contributed by atoms with E-state index in [1.54, 1.807) is 53.9 Å². The SMILES string of the molecule is O=C(NC[C@H](c1ccccc1)S(=O)(=O)c1cccs1)Nc1ccccc1. The van der Waals surface area contributed by atoms with E-state index in [0.717, 1.165) is 0 Å². The minimum Gasteiger partial charge on any atom is -0.336 e. The fourth-order valence-electron chi connectivity index (χ4n) is 2.52. The summed E-state index contributed by atoms with van der Waals surface area (Å²) in [6.45, 7) is -0.0249. The highest BCUT2D eigenvalue weighted by Gasteiger charge is 2.30. The van der Waals surface area contributed by atoms with Crippen molar-refractivity contribution in [3.63, 3.8) is 0 Å². The van der Waals surface area contributed by atoms with Crippen molar-refractivity contribution < 1.29 is 13.2 Å². The molecular formula is C19H18N2O3S2. The molecule has 0 fully saturated rings.